The summed E-state index contributed by atoms with van der Waals surface area (Å²) in [5.74, 6) is -2.21. The fourth-order valence-corrected chi connectivity index (χ4v) is 3.16. The molecule has 3 rings (SSSR count). The van der Waals surface area contributed by atoms with Gasteiger partial charge in [0.15, 0.2) is 5.78 Å². The number of allylic oxidation sites excluding steroid dienone is 3. The van der Waals surface area contributed by atoms with Crippen LogP contribution in [0.3, 0.4) is 0 Å². The van der Waals surface area contributed by atoms with Crippen molar-refractivity contribution >= 4 is 11.8 Å². The Kier molecular flexibility index (Phi) is 2.24. The summed E-state index contributed by atoms with van der Waals surface area (Å²) in [4.78, 5) is 23.5. The third-order valence-corrected chi connectivity index (χ3v) is 4.80. The molecule has 3 atom stereocenters. The van der Waals surface area contributed by atoms with Gasteiger partial charge in [-0.1, -0.05) is 19.9 Å². The molecular formula is C15H16O4. The summed E-state index contributed by atoms with van der Waals surface area (Å²) in [6, 6.07) is 0. The van der Waals surface area contributed by atoms with E-state index in [0.717, 1.165) is 5.57 Å². The molecule has 1 N–H and O–H groups in total. The van der Waals surface area contributed by atoms with Crippen LogP contribution < -0.4 is 0 Å². The third kappa shape index (κ3) is 1.43. The zero-order chi connectivity index (χ0) is 14.0. The fraction of sp³-hybridized carbons (Fsp3) is 0.467. The summed E-state index contributed by atoms with van der Waals surface area (Å²) in [6.45, 7) is 5.54. The highest BCUT2D eigenvalue weighted by Crippen LogP contribution is 2.53. The van der Waals surface area contributed by atoms with Crippen molar-refractivity contribution in [3.63, 3.8) is 0 Å². The monoisotopic (exact) mass is 260 g/mol. The van der Waals surface area contributed by atoms with E-state index in [9.17, 15) is 14.7 Å². The number of rotatable bonds is 0. The van der Waals surface area contributed by atoms with E-state index in [2.05, 4.69) is 0 Å². The van der Waals surface area contributed by atoms with Crippen LogP contribution in [0.25, 0.3) is 0 Å². The summed E-state index contributed by atoms with van der Waals surface area (Å²) < 4.78 is 5.07. The molecule has 0 amide bonds. The number of esters is 1. The van der Waals surface area contributed by atoms with Gasteiger partial charge in [-0.15, -0.1) is 0 Å². The largest absolute Gasteiger partial charge is 0.422 e. The molecule has 0 saturated heterocycles. The number of ketones is 1. The average molecular weight is 260 g/mol. The van der Waals surface area contributed by atoms with E-state index in [1.54, 1.807) is 19.1 Å². The molecule has 4 heteroatoms. The Morgan fingerprint density at radius 3 is 2.74 bits per heavy atom. The van der Waals surface area contributed by atoms with E-state index in [1.165, 1.54) is 6.08 Å². The van der Waals surface area contributed by atoms with Crippen molar-refractivity contribution in [2.75, 3.05) is 0 Å². The molecule has 1 aliphatic heterocycles. The minimum absolute atomic E-state index is 0.0774. The molecule has 0 aromatic rings. The topological polar surface area (TPSA) is 63.6 Å². The summed E-state index contributed by atoms with van der Waals surface area (Å²) in [5.41, 5.74) is 1.50. The molecule has 0 radical (unpaired) electrons. The van der Waals surface area contributed by atoms with Gasteiger partial charge < -0.3 is 9.84 Å². The third-order valence-electron chi connectivity index (χ3n) is 4.80. The number of carbonyl (C=O) groups is 2. The predicted octanol–water partition coefficient (Wildman–Crippen LogP) is 1.66. The zero-order valence-corrected chi connectivity index (χ0v) is 11.2. The maximum Gasteiger partial charge on any atom is 0.336 e. The standard InChI is InChI=1S/C15H16O4/c1-8-11-7-14(3)9(2)12(16)5-4-10(14)6-15(11,18)19-13(8)17/h4-6,9,18H,7H2,1-3H3. The Labute approximate surface area is 111 Å². The van der Waals surface area contributed by atoms with Crippen molar-refractivity contribution in [1.82, 2.24) is 0 Å². The smallest absolute Gasteiger partial charge is 0.336 e. The highest BCUT2D eigenvalue weighted by molar-refractivity contribution is 5.96. The average Bonchev–Trinajstić information content (AvgIpc) is 2.55. The highest BCUT2D eigenvalue weighted by Gasteiger charge is 2.53. The molecule has 0 bridgehead atoms. The Hall–Kier alpha value is -1.68. The Morgan fingerprint density at radius 2 is 2.05 bits per heavy atom. The maximum absolute atomic E-state index is 11.9. The quantitative estimate of drug-likeness (QED) is 0.673. The Bertz CT molecular complexity index is 595. The first-order chi connectivity index (χ1) is 8.78. The summed E-state index contributed by atoms with van der Waals surface area (Å²) in [7, 11) is 0. The molecule has 0 fully saturated rings. The first kappa shape index (κ1) is 12.4. The first-order valence-electron chi connectivity index (χ1n) is 6.39. The molecule has 0 aromatic heterocycles. The van der Waals surface area contributed by atoms with Crippen LogP contribution in [0.4, 0.5) is 0 Å². The zero-order valence-electron chi connectivity index (χ0n) is 11.2. The second-order valence-corrected chi connectivity index (χ2v) is 5.84. The first-order valence-corrected chi connectivity index (χ1v) is 6.39. The molecule has 3 aliphatic rings. The van der Waals surface area contributed by atoms with E-state index in [4.69, 9.17) is 4.74 Å². The lowest BCUT2D eigenvalue weighted by Gasteiger charge is -2.44. The molecular weight excluding hydrogens is 244 g/mol. The van der Waals surface area contributed by atoms with Crippen molar-refractivity contribution in [3.8, 4) is 0 Å². The van der Waals surface area contributed by atoms with Gasteiger partial charge in [0, 0.05) is 22.5 Å². The lowest BCUT2D eigenvalue weighted by molar-refractivity contribution is -0.169. The SMILES string of the molecule is CC1=C2CC3(C)C(=CC2(O)OC1=O)C=CC(=O)C3C. The lowest BCUT2D eigenvalue weighted by atomic mass is 9.60. The number of hydrogen-bond donors (Lipinski definition) is 1. The fourth-order valence-electron chi connectivity index (χ4n) is 3.16. The van der Waals surface area contributed by atoms with Crippen LogP contribution in [0.15, 0.2) is 34.9 Å². The van der Waals surface area contributed by atoms with Gasteiger partial charge in [0.05, 0.1) is 0 Å². The minimum atomic E-state index is -1.62. The van der Waals surface area contributed by atoms with Gasteiger partial charge in [-0.2, -0.15) is 0 Å². The molecule has 0 spiro atoms. The molecule has 100 valence electrons. The number of aliphatic hydroxyl groups is 1. The Morgan fingerprint density at radius 1 is 1.37 bits per heavy atom. The highest BCUT2D eigenvalue weighted by atomic mass is 16.7. The van der Waals surface area contributed by atoms with Crippen LogP contribution in [0.1, 0.15) is 27.2 Å². The van der Waals surface area contributed by atoms with Gasteiger partial charge in [0.25, 0.3) is 5.79 Å². The molecule has 1 heterocycles. The molecule has 0 saturated carbocycles. The second-order valence-electron chi connectivity index (χ2n) is 5.84. The number of hydrogen-bond acceptors (Lipinski definition) is 4. The van der Waals surface area contributed by atoms with E-state index < -0.39 is 11.8 Å². The summed E-state index contributed by atoms with van der Waals surface area (Å²) >= 11 is 0. The van der Waals surface area contributed by atoms with Gasteiger partial charge in [-0.3, -0.25) is 4.79 Å². The van der Waals surface area contributed by atoms with Crippen LogP contribution in [-0.4, -0.2) is 22.6 Å². The summed E-state index contributed by atoms with van der Waals surface area (Å²) in [6.07, 6.45) is 5.28. The van der Waals surface area contributed by atoms with Gasteiger partial charge in [-0.25, -0.2) is 4.79 Å². The van der Waals surface area contributed by atoms with Gasteiger partial charge >= 0.3 is 5.97 Å². The number of fused-ring (bicyclic) bond motifs is 2. The van der Waals surface area contributed by atoms with Gasteiger partial charge in [0.1, 0.15) is 0 Å². The van der Waals surface area contributed by atoms with Crippen LogP contribution in [0.5, 0.6) is 0 Å². The van der Waals surface area contributed by atoms with Crippen molar-refractivity contribution in [2.45, 2.75) is 33.0 Å². The van der Waals surface area contributed by atoms with Crippen LogP contribution in [-0.2, 0) is 14.3 Å². The minimum Gasteiger partial charge on any atom is -0.422 e. The molecule has 2 aliphatic carbocycles. The van der Waals surface area contributed by atoms with Crippen molar-refractivity contribution in [2.24, 2.45) is 11.3 Å². The molecule has 3 unspecified atom stereocenters. The van der Waals surface area contributed by atoms with Crippen LogP contribution >= 0.6 is 0 Å². The van der Waals surface area contributed by atoms with E-state index in [0.29, 0.717) is 17.6 Å². The van der Waals surface area contributed by atoms with Crippen LogP contribution in [0.2, 0.25) is 0 Å². The molecule has 0 aromatic carbocycles. The molecule has 19 heavy (non-hydrogen) atoms. The lowest BCUT2D eigenvalue weighted by Crippen LogP contribution is -2.44. The number of ether oxygens (including phenoxy) is 1. The second kappa shape index (κ2) is 3.45. The van der Waals surface area contributed by atoms with Gasteiger partial charge in [0.2, 0.25) is 0 Å². The van der Waals surface area contributed by atoms with Gasteiger partial charge in [-0.05, 0) is 31.1 Å². The van der Waals surface area contributed by atoms with E-state index in [1.807, 2.05) is 13.8 Å². The Balaban J connectivity index is 2.21. The summed E-state index contributed by atoms with van der Waals surface area (Å²) in [5, 5.41) is 10.5. The molecule has 4 nitrogen and oxygen atoms in total. The van der Waals surface area contributed by atoms with Crippen LogP contribution in [0, 0.1) is 11.3 Å². The predicted molar refractivity (Wildman–Crippen MR) is 67.9 cm³/mol. The van der Waals surface area contributed by atoms with E-state index in [-0.39, 0.29) is 17.1 Å². The number of carbonyl (C=O) groups excluding carboxylic acids is 2. The van der Waals surface area contributed by atoms with Crippen molar-refractivity contribution in [3.05, 3.63) is 34.9 Å². The van der Waals surface area contributed by atoms with E-state index >= 15 is 0 Å². The maximum atomic E-state index is 11.9. The van der Waals surface area contributed by atoms with Crippen molar-refractivity contribution in [1.29, 1.82) is 0 Å². The van der Waals surface area contributed by atoms with Crippen molar-refractivity contribution < 1.29 is 19.4 Å². The normalized spacial score (nSPS) is 40.8.